The van der Waals surface area contributed by atoms with Gasteiger partial charge in [0.25, 0.3) is 0 Å². The number of hydrogen-bond donors (Lipinski definition) is 2. The minimum Gasteiger partial charge on any atom is -0.364 e. The third-order valence-electron chi connectivity index (χ3n) is 2.79. The zero-order valence-corrected chi connectivity index (χ0v) is 14.2. The van der Waals surface area contributed by atoms with E-state index in [1.807, 2.05) is 7.05 Å². The maximum absolute atomic E-state index is 4.52. The summed E-state index contributed by atoms with van der Waals surface area (Å²) in [6.07, 6.45) is 0. The fraction of sp³-hybridized carbons (Fsp3) is 0.231. The number of rotatable bonds is 4. The van der Waals surface area contributed by atoms with Crippen LogP contribution in [-0.2, 0) is 6.54 Å². The van der Waals surface area contributed by atoms with Gasteiger partial charge in [-0.25, -0.2) is 4.98 Å². The van der Waals surface area contributed by atoms with Gasteiger partial charge in [-0.05, 0) is 35.0 Å². The van der Waals surface area contributed by atoms with Crippen LogP contribution < -0.4 is 10.6 Å². The number of aromatic nitrogens is 2. The summed E-state index contributed by atoms with van der Waals surface area (Å²) in [7, 11) is 1.84. The molecule has 104 valence electrons. The first-order valence-corrected chi connectivity index (χ1v) is 8.57. The van der Waals surface area contributed by atoms with E-state index in [1.165, 1.54) is 9.75 Å². The summed E-state index contributed by atoms with van der Waals surface area (Å²) < 4.78 is 1.12. The van der Waals surface area contributed by atoms with Gasteiger partial charge in [-0.2, -0.15) is 4.98 Å². The molecule has 0 aromatic carbocycles. The van der Waals surface area contributed by atoms with Crippen LogP contribution in [0.1, 0.15) is 9.75 Å². The molecule has 0 aliphatic carbocycles. The third kappa shape index (κ3) is 2.79. The monoisotopic (exact) mass is 368 g/mol. The number of anilines is 2. The van der Waals surface area contributed by atoms with Gasteiger partial charge in [0.15, 0.2) is 0 Å². The van der Waals surface area contributed by atoms with Gasteiger partial charge in [-0.15, -0.1) is 22.7 Å². The van der Waals surface area contributed by atoms with Gasteiger partial charge in [-0.3, -0.25) is 0 Å². The Labute approximate surface area is 133 Å². The van der Waals surface area contributed by atoms with Crippen molar-refractivity contribution in [1.29, 1.82) is 0 Å². The molecular formula is C13H13BrN4S2. The number of nitrogens with zero attached hydrogens (tertiary/aromatic N) is 2. The molecule has 0 aliphatic heterocycles. The molecule has 3 aromatic heterocycles. The van der Waals surface area contributed by atoms with Crippen LogP contribution >= 0.6 is 38.6 Å². The minimum atomic E-state index is 0.647. The maximum Gasteiger partial charge on any atom is 0.225 e. The molecule has 3 aromatic rings. The summed E-state index contributed by atoms with van der Waals surface area (Å²) in [5, 5.41) is 9.59. The topological polar surface area (TPSA) is 49.8 Å². The zero-order chi connectivity index (χ0) is 14.1. The Hall–Kier alpha value is -1.18. The Morgan fingerprint density at radius 2 is 2.15 bits per heavy atom. The van der Waals surface area contributed by atoms with Gasteiger partial charge >= 0.3 is 0 Å². The van der Waals surface area contributed by atoms with Gasteiger partial charge in [0.05, 0.1) is 11.9 Å². The highest BCUT2D eigenvalue weighted by atomic mass is 79.9. The second kappa shape index (κ2) is 5.67. The summed E-state index contributed by atoms with van der Waals surface area (Å²) >= 11 is 6.88. The quantitative estimate of drug-likeness (QED) is 0.712. The second-order valence-corrected chi connectivity index (χ2v) is 7.45. The van der Waals surface area contributed by atoms with Crippen molar-refractivity contribution in [2.75, 3.05) is 17.7 Å². The van der Waals surface area contributed by atoms with Crippen LogP contribution in [0.15, 0.2) is 22.0 Å². The van der Waals surface area contributed by atoms with Crippen molar-refractivity contribution in [1.82, 2.24) is 9.97 Å². The molecule has 2 N–H and O–H groups in total. The molecule has 0 amide bonds. The fourth-order valence-corrected chi connectivity index (χ4v) is 4.18. The standard InChI is InChI=1S/C13H13BrN4S2/c1-7-3-10-11(16-5-9-4-8(14)6-19-9)17-13(15-2)18-12(10)20-7/h3-4,6H,5H2,1-2H3,(H2,15,16,17,18). The van der Waals surface area contributed by atoms with E-state index in [2.05, 4.69) is 61.0 Å². The number of halogens is 1. The lowest BCUT2D eigenvalue weighted by Crippen LogP contribution is -2.04. The van der Waals surface area contributed by atoms with E-state index in [-0.39, 0.29) is 0 Å². The van der Waals surface area contributed by atoms with E-state index in [0.717, 1.165) is 27.1 Å². The van der Waals surface area contributed by atoms with Crippen molar-refractivity contribution in [3.8, 4) is 0 Å². The third-order valence-corrected chi connectivity index (χ3v) is 5.43. The molecule has 0 bridgehead atoms. The molecule has 0 aliphatic rings. The van der Waals surface area contributed by atoms with Gasteiger partial charge < -0.3 is 10.6 Å². The molecular weight excluding hydrogens is 356 g/mol. The first-order valence-electron chi connectivity index (χ1n) is 6.08. The Morgan fingerprint density at radius 1 is 1.30 bits per heavy atom. The fourth-order valence-electron chi connectivity index (χ4n) is 1.91. The number of fused-ring (bicyclic) bond motifs is 1. The molecule has 0 unspecified atom stereocenters. The summed E-state index contributed by atoms with van der Waals surface area (Å²) in [4.78, 5) is 12.5. The first kappa shape index (κ1) is 13.8. The van der Waals surface area contributed by atoms with Gasteiger partial charge in [0, 0.05) is 26.7 Å². The smallest absolute Gasteiger partial charge is 0.225 e. The summed E-state index contributed by atoms with van der Waals surface area (Å²) in [5.41, 5.74) is 0. The van der Waals surface area contributed by atoms with E-state index in [4.69, 9.17) is 0 Å². The van der Waals surface area contributed by atoms with Crippen molar-refractivity contribution >= 4 is 60.6 Å². The van der Waals surface area contributed by atoms with E-state index in [0.29, 0.717) is 5.95 Å². The highest BCUT2D eigenvalue weighted by molar-refractivity contribution is 9.10. The van der Waals surface area contributed by atoms with Crippen LogP contribution in [0.25, 0.3) is 10.2 Å². The van der Waals surface area contributed by atoms with E-state index in [1.54, 1.807) is 22.7 Å². The predicted octanol–water partition coefficient (Wildman–Crippen LogP) is 4.48. The lowest BCUT2D eigenvalue weighted by atomic mass is 10.3. The summed E-state index contributed by atoms with van der Waals surface area (Å²) in [6.45, 7) is 2.85. The molecule has 0 atom stereocenters. The molecule has 7 heteroatoms. The van der Waals surface area contributed by atoms with Crippen molar-refractivity contribution in [2.24, 2.45) is 0 Å². The van der Waals surface area contributed by atoms with Crippen LogP contribution in [-0.4, -0.2) is 17.0 Å². The van der Waals surface area contributed by atoms with E-state index < -0.39 is 0 Å². The van der Waals surface area contributed by atoms with Crippen LogP contribution in [0.2, 0.25) is 0 Å². The van der Waals surface area contributed by atoms with E-state index >= 15 is 0 Å². The largest absolute Gasteiger partial charge is 0.364 e. The summed E-state index contributed by atoms with van der Waals surface area (Å²) in [5.74, 6) is 1.53. The molecule has 0 saturated carbocycles. The molecule has 4 nitrogen and oxygen atoms in total. The Morgan fingerprint density at radius 3 is 2.85 bits per heavy atom. The molecule has 3 rings (SSSR count). The lowest BCUT2D eigenvalue weighted by molar-refractivity contribution is 1.12. The molecule has 0 fully saturated rings. The van der Waals surface area contributed by atoms with Gasteiger partial charge in [0.1, 0.15) is 10.6 Å². The van der Waals surface area contributed by atoms with Gasteiger partial charge in [-0.1, -0.05) is 0 Å². The SMILES string of the molecule is CNc1nc(NCc2cc(Br)cs2)c2cc(C)sc2n1. The van der Waals surface area contributed by atoms with E-state index in [9.17, 15) is 0 Å². The van der Waals surface area contributed by atoms with Crippen LogP contribution in [0.4, 0.5) is 11.8 Å². The highest BCUT2D eigenvalue weighted by Crippen LogP contribution is 2.30. The highest BCUT2D eigenvalue weighted by Gasteiger charge is 2.10. The van der Waals surface area contributed by atoms with Crippen LogP contribution in [0.5, 0.6) is 0 Å². The minimum absolute atomic E-state index is 0.647. The number of aryl methyl sites for hydroxylation is 1. The zero-order valence-electron chi connectivity index (χ0n) is 11.0. The normalized spacial score (nSPS) is 10.9. The molecule has 20 heavy (non-hydrogen) atoms. The molecule has 0 spiro atoms. The molecule has 0 saturated heterocycles. The van der Waals surface area contributed by atoms with Crippen LogP contribution in [0, 0.1) is 6.92 Å². The average Bonchev–Trinajstić information content (AvgIpc) is 3.00. The number of nitrogens with one attached hydrogen (secondary N) is 2. The van der Waals surface area contributed by atoms with Gasteiger partial charge in [0.2, 0.25) is 5.95 Å². The number of thiophene rings is 2. The molecule has 0 radical (unpaired) electrons. The van der Waals surface area contributed by atoms with Crippen molar-refractivity contribution in [3.05, 3.63) is 31.7 Å². The Balaban J connectivity index is 1.92. The van der Waals surface area contributed by atoms with Crippen molar-refractivity contribution < 1.29 is 0 Å². The van der Waals surface area contributed by atoms with Crippen molar-refractivity contribution in [3.63, 3.8) is 0 Å². The predicted molar refractivity (Wildman–Crippen MR) is 91.0 cm³/mol. The summed E-state index contributed by atoms with van der Waals surface area (Å²) in [6, 6.07) is 4.25. The van der Waals surface area contributed by atoms with Crippen LogP contribution in [0.3, 0.4) is 0 Å². The second-order valence-electron chi connectivity index (χ2n) is 4.31. The van der Waals surface area contributed by atoms with Crippen molar-refractivity contribution in [2.45, 2.75) is 13.5 Å². The maximum atomic E-state index is 4.52. The number of hydrogen-bond acceptors (Lipinski definition) is 6. The first-order chi connectivity index (χ1) is 9.65. The average molecular weight is 369 g/mol. The molecule has 3 heterocycles. The Bertz CT molecular complexity index is 750. The Kier molecular flexibility index (Phi) is 3.91. The lowest BCUT2D eigenvalue weighted by Gasteiger charge is -2.07.